The van der Waals surface area contributed by atoms with Crippen LogP contribution in [0.4, 0.5) is 69.1 Å². The monoisotopic (exact) mass is 1710 g/mol. The van der Waals surface area contributed by atoms with Crippen LogP contribution in [0.3, 0.4) is 0 Å². The van der Waals surface area contributed by atoms with Crippen molar-refractivity contribution in [3.8, 4) is 16.9 Å². The number of morpholine rings is 4. The Bertz CT molecular complexity index is 5710. The molecule has 7 aliphatic heterocycles. The number of ether oxygens (including phenoxy) is 5. The van der Waals surface area contributed by atoms with Crippen molar-refractivity contribution in [1.29, 1.82) is 0 Å². The molecule has 5 N–H and O–H groups in total. The number of hydrogen-bond donors (Lipinski definition) is 4. The summed E-state index contributed by atoms with van der Waals surface area (Å²) in [7, 11) is 7.46. The van der Waals surface area contributed by atoms with Crippen LogP contribution in [0.2, 0.25) is 10.0 Å². The molecular formula is C88H92Cl2F4N18O10. The molecular weight excluding hydrogens is 1620 g/mol. The molecule has 0 radical (unpaired) electrons. The van der Waals surface area contributed by atoms with Crippen molar-refractivity contribution >= 4 is 103 Å². The van der Waals surface area contributed by atoms with Crippen molar-refractivity contribution in [2.24, 2.45) is 15.0 Å². The van der Waals surface area contributed by atoms with Crippen LogP contribution in [0.1, 0.15) is 83.1 Å². The average Bonchev–Trinajstić information content (AvgIpc) is 1.49. The summed E-state index contributed by atoms with van der Waals surface area (Å²) in [4.78, 5) is 72.2. The number of rotatable bonds is 15. The predicted molar refractivity (Wildman–Crippen MR) is 467 cm³/mol. The fraction of sp³-hybridized carbons (Fsp3) is 0.318. The number of nitrogen functional groups attached to an aromatic ring is 1. The molecule has 1 unspecified atom stereocenters. The van der Waals surface area contributed by atoms with Gasteiger partial charge in [0, 0.05) is 115 Å². The number of non-ortho nitro benzene ring substituents is 1. The molecule has 0 amide bonds. The van der Waals surface area contributed by atoms with Gasteiger partial charge in [0.05, 0.1) is 173 Å². The third-order valence-corrected chi connectivity index (χ3v) is 21.0. The number of nitro groups is 1. The van der Waals surface area contributed by atoms with Gasteiger partial charge in [-0.2, -0.15) is 0 Å². The molecule has 122 heavy (non-hydrogen) atoms. The first kappa shape index (κ1) is 87.5. The summed E-state index contributed by atoms with van der Waals surface area (Å²) in [6.07, 6.45) is 3.53. The standard InChI is InChI=1S/C18H20FN5O.C17H18FN5O.C17H13FO3.C16H17FN4O.C10H11ClN2O3.C10H13ClN2O/c1-23(2)18-16-14(21-11-22-18)10-20-17(16)12-3-4-15(13(19)9-12)24-5-7-25-8-6-24;1-19-17-15-13(21-10-22-17)9-20-16(15)11-2-3-14(12(18)8-11)23-4-6-24-7-5-23;1-10(19)17-14(11-6-3-2-4-7-11)16(20)15-12(18)8-5-9-13(15)21-17;1-9(2)22-13-5-4-10(6-11(13)17)15-14-12(7-19-15)20-8-21-16(14)18-3;11-9-7-8(13(14)15)1-2-10(9)12-3-5-16-6-4-12;11-9-7-8(12)1-2-10(9)13-3-5-14-6-4-13/h3-4,9,11H,5-8,10H2,1-2H3;2-3,8,10H,4-7,9H2,1H3,(H,19,21,22);2-10,19H,1H3;4-6,8-9H,7H2,1-3H3,(H,18,20,21);1-2,7H,3-6H2;1-2,7H,3-6,12H2. The normalized spacial score (nSPS) is 15.3. The van der Waals surface area contributed by atoms with E-state index in [0.717, 1.165) is 113 Å². The van der Waals surface area contributed by atoms with Gasteiger partial charge in [0.15, 0.2) is 11.6 Å². The van der Waals surface area contributed by atoms with Crippen molar-refractivity contribution in [2.75, 3.05) is 174 Å². The number of aromatic nitrogens is 6. The lowest BCUT2D eigenvalue weighted by molar-refractivity contribution is -0.384. The van der Waals surface area contributed by atoms with Crippen LogP contribution in [-0.2, 0) is 38.6 Å². The molecule has 18 rings (SSSR count). The van der Waals surface area contributed by atoms with Crippen LogP contribution < -0.4 is 51.0 Å². The molecule has 4 saturated heterocycles. The molecule has 11 aromatic rings. The van der Waals surface area contributed by atoms with Crippen molar-refractivity contribution in [2.45, 2.75) is 52.6 Å². The molecule has 7 aliphatic rings. The van der Waals surface area contributed by atoms with Gasteiger partial charge in [0.25, 0.3) is 5.69 Å². The van der Waals surface area contributed by atoms with E-state index in [1.54, 1.807) is 81.1 Å². The third-order valence-electron chi connectivity index (χ3n) is 20.4. The van der Waals surface area contributed by atoms with E-state index < -0.39 is 28.1 Å². The highest BCUT2D eigenvalue weighted by atomic mass is 35.5. The Balaban J connectivity index is 0.000000127. The maximum Gasteiger partial charge on any atom is 0.271 e. The fourth-order valence-corrected chi connectivity index (χ4v) is 15.2. The minimum Gasteiger partial charge on any atom is -0.488 e. The molecule has 34 heteroatoms. The quantitative estimate of drug-likeness (QED) is 0.0321. The molecule has 4 aromatic heterocycles. The van der Waals surface area contributed by atoms with Crippen LogP contribution in [0.5, 0.6) is 5.75 Å². The Morgan fingerprint density at radius 1 is 0.508 bits per heavy atom. The number of hydrogen-bond acceptors (Lipinski definition) is 27. The van der Waals surface area contributed by atoms with E-state index >= 15 is 0 Å². The lowest BCUT2D eigenvalue weighted by Gasteiger charge is -2.29. The largest absolute Gasteiger partial charge is 0.488 e. The van der Waals surface area contributed by atoms with Crippen LogP contribution >= 0.6 is 23.2 Å². The van der Waals surface area contributed by atoms with Crippen molar-refractivity contribution in [1.82, 2.24) is 29.9 Å². The minimum atomic E-state index is -0.972. The van der Waals surface area contributed by atoms with Gasteiger partial charge < -0.3 is 74.1 Å². The number of aliphatic hydroxyl groups is 1. The second kappa shape index (κ2) is 40.8. The van der Waals surface area contributed by atoms with Crippen LogP contribution in [0.15, 0.2) is 183 Å². The molecule has 0 aliphatic carbocycles. The summed E-state index contributed by atoms with van der Waals surface area (Å²) in [6, 6.07) is 38.6. The zero-order chi connectivity index (χ0) is 86.1. The zero-order valence-electron chi connectivity index (χ0n) is 68.3. The van der Waals surface area contributed by atoms with Crippen LogP contribution in [-0.4, -0.2) is 197 Å². The number of anilines is 8. The maximum atomic E-state index is 14.7. The van der Waals surface area contributed by atoms with Gasteiger partial charge in [-0.15, -0.1) is 0 Å². The first-order valence-electron chi connectivity index (χ1n) is 39.6. The summed E-state index contributed by atoms with van der Waals surface area (Å²) < 4.78 is 89.7. The van der Waals surface area contributed by atoms with E-state index in [2.05, 4.69) is 65.3 Å². The highest BCUT2D eigenvalue weighted by molar-refractivity contribution is 6.34. The van der Waals surface area contributed by atoms with Crippen LogP contribution in [0.25, 0.3) is 22.1 Å². The summed E-state index contributed by atoms with van der Waals surface area (Å²) in [5, 5.41) is 27.6. The Hall–Kier alpha value is -12.3. The van der Waals surface area contributed by atoms with Gasteiger partial charge in [0.2, 0.25) is 5.43 Å². The molecule has 0 bridgehead atoms. The number of fused-ring (bicyclic) bond motifs is 4. The van der Waals surface area contributed by atoms with Crippen molar-refractivity contribution < 1.29 is 55.7 Å². The number of aliphatic hydroxyl groups excluding tert-OH is 1. The van der Waals surface area contributed by atoms with E-state index in [1.807, 2.05) is 85.1 Å². The summed E-state index contributed by atoms with van der Waals surface area (Å²) >= 11 is 12.1. The molecule has 1 atom stereocenters. The lowest BCUT2D eigenvalue weighted by Crippen LogP contribution is -2.36. The minimum absolute atomic E-state index is 0.0157. The smallest absolute Gasteiger partial charge is 0.271 e. The molecule has 636 valence electrons. The lowest BCUT2D eigenvalue weighted by atomic mass is 10.00. The Kier molecular flexibility index (Phi) is 29.3. The Labute approximate surface area is 711 Å². The fourth-order valence-electron chi connectivity index (χ4n) is 14.5. The first-order chi connectivity index (χ1) is 59.1. The molecule has 0 spiro atoms. The van der Waals surface area contributed by atoms with Gasteiger partial charge >= 0.3 is 0 Å². The van der Waals surface area contributed by atoms with E-state index in [0.29, 0.717) is 141 Å². The highest BCUT2D eigenvalue weighted by Crippen LogP contribution is 2.37. The Morgan fingerprint density at radius 2 is 0.943 bits per heavy atom. The molecule has 0 saturated carbocycles. The predicted octanol–water partition coefficient (Wildman–Crippen LogP) is 14.0. The molecule has 7 aromatic carbocycles. The van der Waals surface area contributed by atoms with E-state index in [1.165, 1.54) is 56.0 Å². The van der Waals surface area contributed by atoms with Crippen molar-refractivity contribution in [3.63, 3.8) is 0 Å². The van der Waals surface area contributed by atoms with Crippen molar-refractivity contribution in [3.05, 3.63) is 268 Å². The zero-order valence-corrected chi connectivity index (χ0v) is 69.8. The van der Waals surface area contributed by atoms with E-state index in [4.69, 9.17) is 57.0 Å². The summed E-state index contributed by atoms with van der Waals surface area (Å²) in [6.45, 7) is 18.2. The number of nitro benzene ring substituents is 1. The summed E-state index contributed by atoms with van der Waals surface area (Å²) in [5.74, 6) is 1.10. The topological polar surface area (TPSA) is 320 Å². The molecule has 28 nitrogen and oxygen atoms in total. The van der Waals surface area contributed by atoms with Gasteiger partial charge in [0.1, 0.15) is 76.7 Å². The third kappa shape index (κ3) is 20.6. The number of nitrogens with zero attached hydrogens (tertiary/aromatic N) is 15. The SMILES string of the molecule is CC(O)c1oc2cccc(F)c2c(=O)c1-c1ccccc1.CN(C)c1ncnc2c1C(c1ccc(N3CCOCC3)c(F)c1)=NC2.CNc1ncnc2c1C(c1ccc(N3CCOCC3)c(F)c1)=NC2.CNc1ncnc2c1C(c1ccc(OC(C)C)c(F)c1)=NC2.Nc1ccc(N2CCOCC2)c(Cl)c1.O=[N+]([O-])c1ccc(N2CCOCC2)c(Cl)c1. The molecule has 11 heterocycles. The number of benzene rings is 7. The molecule has 4 fully saturated rings. The number of nitrogens with two attached hydrogens (primary N) is 1. The van der Waals surface area contributed by atoms with E-state index in [-0.39, 0.29) is 51.5 Å². The highest BCUT2D eigenvalue weighted by Gasteiger charge is 2.30. The van der Waals surface area contributed by atoms with Gasteiger partial charge in [-0.05, 0) is 105 Å². The second-order valence-electron chi connectivity index (χ2n) is 29.0. The maximum absolute atomic E-state index is 14.7. The second-order valence-corrected chi connectivity index (χ2v) is 29.8. The first-order valence-corrected chi connectivity index (χ1v) is 40.4. The average molecular weight is 1710 g/mol. The summed E-state index contributed by atoms with van der Waals surface area (Å²) in [5.41, 5.74) is 19.5. The van der Waals surface area contributed by atoms with Gasteiger partial charge in [-0.3, -0.25) is 29.9 Å². The Morgan fingerprint density at radius 3 is 1.38 bits per heavy atom. The van der Waals surface area contributed by atoms with Gasteiger partial charge in [-0.25, -0.2) is 47.5 Å². The number of nitrogens with one attached hydrogen (secondary N) is 2. The van der Waals surface area contributed by atoms with Crippen LogP contribution in [0, 0.1) is 33.4 Å². The number of aliphatic imine (C=N–C) groups is 3. The van der Waals surface area contributed by atoms with Gasteiger partial charge in [-0.1, -0.05) is 71.7 Å². The van der Waals surface area contributed by atoms with E-state index in [9.17, 15) is 37.6 Å². The number of halogens is 6.